The van der Waals surface area contributed by atoms with Gasteiger partial charge in [0.15, 0.2) is 0 Å². The van der Waals surface area contributed by atoms with Crippen LogP contribution in [0.15, 0.2) is 30.3 Å². The summed E-state index contributed by atoms with van der Waals surface area (Å²) >= 11 is 5.38. The Morgan fingerprint density at radius 3 is 2.15 bits per heavy atom. The number of thiocarbonyl (C=S) groups is 1. The zero-order valence-electron chi connectivity index (χ0n) is 12.9. The molecule has 1 rings (SSSR count). The monoisotopic (exact) mass is 291 g/mol. The molecule has 0 fully saturated rings. The molecule has 1 aromatic carbocycles. The summed E-state index contributed by atoms with van der Waals surface area (Å²) in [7, 11) is 0. The molecule has 0 heterocycles. The second-order valence-electron chi connectivity index (χ2n) is 5.49. The highest BCUT2D eigenvalue weighted by Crippen LogP contribution is 2.09. The smallest absolute Gasteiger partial charge is 0.0756 e. The van der Waals surface area contributed by atoms with Crippen molar-refractivity contribution in [3.63, 3.8) is 0 Å². The van der Waals surface area contributed by atoms with Gasteiger partial charge in [-0.3, -0.25) is 0 Å². The minimum Gasteiger partial charge on any atom is -0.376 e. The van der Waals surface area contributed by atoms with E-state index in [4.69, 9.17) is 12.2 Å². The van der Waals surface area contributed by atoms with Crippen LogP contribution in [0.5, 0.6) is 0 Å². The molecule has 1 nitrogen and oxygen atoms in total. The van der Waals surface area contributed by atoms with Gasteiger partial charge >= 0.3 is 0 Å². The van der Waals surface area contributed by atoms with E-state index >= 15 is 0 Å². The number of hydrogen-bond acceptors (Lipinski definition) is 1. The Balaban J connectivity index is 1.93. The van der Waals surface area contributed by atoms with Gasteiger partial charge in [-0.15, -0.1) is 0 Å². The molecule has 0 saturated heterocycles. The van der Waals surface area contributed by atoms with Crippen molar-refractivity contribution in [2.45, 2.75) is 71.3 Å². The molecule has 0 aliphatic carbocycles. The number of rotatable bonds is 11. The van der Waals surface area contributed by atoms with E-state index in [-0.39, 0.29) is 0 Å². The van der Waals surface area contributed by atoms with Crippen molar-refractivity contribution < 1.29 is 0 Å². The lowest BCUT2D eigenvalue weighted by Crippen LogP contribution is -2.20. The molecule has 20 heavy (non-hydrogen) atoms. The van der Waals surface area contributed by atoms with Crippen LogP contribution in [0.2, 0.25) is 0 Å². The Kier molecular flexibility index (Phi) is 10.2. The fraction of sp³-hybridized carbons (Fsp3) is 0.611. The molecular weight excluding hydrogens is 262 g/mol. The molecule has 0 aliphatic rings. The summed E-state index contributed by atoms with van der Waals surface area (Å²) in [6.45, 7) is 3.13. The summed E-state index contributed by atoms with van der Waals surface area (Å²) in [4.78, 5) is 1.01. The van der Waals surface area contributed by atoms with Crippen LogP contribution >= 0.6 is 12.2 Å². The Morgan fingerprint density at radius 2 is 1.50 bits per heavy atom. The molecule has 0 saturated carbocycles. The van der Waals surface area contributed by atoms with Gasteiger partial charge < -0.3 is 5.32 Å². The average Bonchev–Trinajstić information content (AvgIpc) is 2.49. The maximum atomic E-state index is 5.38. The molecule has 0 aliphatic heterocycles. The van der Waals surface area contributed by atoms with Crippen LogP contribution < -0.4 is 5.32 Å². The van der Waals surface area contributed by atoms with E-state index in [9.17, 15) is 0 Å². The Bertz CT molecular complexity index is 348. The first kappa shape index (κ1) is 17.2. The van der Waals surface area contributed by atoms with Gasteiger partial charge in [0.1, 0.15) is 0 Å². The van der Waals surface area contributed by atoms with Gasteiger partial charge in [0.2, 0.25) is 0 Å². The topological polar surface area (TPSA) is 12.0 Å². The van der Waals surface area contributed by atoms with Crippen LogP contribution in [0.4, 0.5) is 0 Å². The van der Waals surface area contributed by atoms with Gasteiger partial charge in [-0.05, 0) is 18.4 Å². The summed E-state index contributed by atoms with van der Waals surface area (Å²) in [5.41, 5.74) is 1.30. The Labute approximate surface area is 130 Å². The lowest BCUT2D eigenvalue weighted by Gasteiger charge is -2.08. The van der Waals surface area contributed by atoms with E-state index in [2.05, 4.69) is 36.5 Å². The molecule has 0 spiro atoms. The third-order valence-corrected chi connectivity index (χ3v) is 3.94. The highest BCUT2D eigenvalue weighted by atomic mass is 32.1. The van der Waals surface area contributed by atoms with E-state index in [1.165, 1.54) is 56.9 Å². The molecular formula is C18H29NS. The average molecular weight is 292 g/mol. The number of unbranched alkanes of at least 4 members (excludes halogenated alkanes) is 7. The van der Waals surface area contributed by atoms with Crippen LogP contribution in [0, 0.1) is 0 Å². The predicted molar refractivity (Wildman–Crippen MR) is 93.1 cm³/mol. The molecule has 0 radical (unpaired) electrons. The quantitative estimate of drug-likeness (QED) is 0.418. The zero-order chi connectivity index (χ0) is 14.5. The summed E-state index contributed by atoms with van der Waals surface area (Å²) in [6.07, 6.45) is 11.9. The highest BCUT2D eigenvalue weighted by molar-refractivity contribution is 7.80. The molecule has 0 bridgehead atoms. The van der Waals surface area contributed by atoms with E-state index in [1.54, 1.807) is 0 Å². The van der Waals surface area contributed by atoms with Crippen molar-refractivity contribution in [3.8, 4) is 0 Å². The third-order valence-electron chi connectivity index (χ3n) is 3.59. The van der Waals surface area contributed by atoms with Gasteiger partial charge in [0.25, 0.3) is 0 Å². The van der Waals surface area contributed by atoms with Crippen LogP contribution in [-0.2, 0) is 6.54 Å². The third kappa shape index (κ3) is 9.08. The molecule has 2 heteroatoms. The number of benzene rings is 1. The SMILES string of the molecule is CCCCCCCCCCC(=S)NCc1ccccc1. The second kappa shape index (κ2) is 11.9. The van der Waals surface area contributed by atoms with E-state index in [0.717, 1.165) is 18.0 Å². The predicted octanol–water partition coefficient (Wildman–Crippen LogP) is 5.63. The van der Waals surface area contributed by atoms with Crippen LogP contribution in [-0.4, -0.2) is 4.99 Å². The first-order valence-corrected chi connectivity index (χ1v) is 8.54. The number of nitrogens with one attached hydrogen (secondary N) is 1. The van der Waals surface area contributed by atoms with Crippen LogP contribution in [0.3, 0.4) is 0 Å². The summed E-state index contributed by atoms with van der Waals surface area (Å²) in [5, 5.41) is 3.35. The molecule has 1 N–H and O–H groups in total. The summed E-state index contributed by atoms with van der Waals surface area (Å²) in [5.74, 6) is 0. The van der Waals surface area contributed by atoms with Gasteiger partial charge in [-0.25, -0.2) is 0 Å². The largest absolute Gasteiger partial charge is 0.376 e. The molecule has 0 unspecified atom stereocenters. The standard InChI is InChI=1S/C18H29NS/c1-2-3-4-5-6-7-8-12-15-18(20)19-16-17-13-10-9-11-14-17/h9-11,13-14H,2-8,12,15-16H2,1H3,(H,19,20). The fourth-order valence-electron chi connectivity index (χ4n) is 2.30. The Hall–Kier alpha value is -0.890. The molecule has 0 amide bonds. The van der Waals surface area contributed by atoms with Gasteiger partial charge in [-0.2, -0.15) is 0 Å². The van der Waals surface area contributed by atoms with Crippen molar-refractivity contribution in [3.05, 3.63) is 35.9 Å². The lowest BCUT2D eigenvalue weighted by molar-refractivity contribution is 0.579. The Morgan fingerprint density at radius 1 is 0.900 bits per heavy atom. The van der Waals surface area contributed by atoms with Gasteiger partial charge in [0, 0.05) is 6.54 Å². The first-order valence-electron chi connectivity index (χ1n) is 8.13. The molecule has 0 aromatic heterocycles. The summed E-state index contributed by atoms with van der Waals surface area (Å²) in [6, 6.07) is 10.4. The van der Waals surface area contributed by atoms with E-state index < -0.39 is 0 Å². The minimum absolute atomic E-state index is 0.858. The first-order chi connectivity index (χ1) is 9.83. The maximum Gasteiger partial charge on any atom is 0.0756 e. The zero-order valence-corrected chi connectivity index (χ0v) is 13.7. The molecule has 0 atom stereocenters. The van der Waals surface area contributed by atoms with Crippen molar-refractivity contribution in [1.82, 2.24) is 5.32 Å². The van der Waals surface area contributed by atoms with E-state index in [0.29, 0.717) is 0 Å². The van der Waals surface area contributed by atoms with Crippen molar-refractivity contribution in [1.29, 1.82) is 0 Å². The minimum atomic E-state index is 0.858. The van der Waals surface area contributed by atoms with Gasteiger partial charge in [-0.1, -0.05) is 94.4 Å². The molecule has 1 aromatic rings. The van der Waals surface area contributed by atoms with Gasteiger partial charge in [0.05, 0.1) is 4.99 Å². The molecule has 112 valence electrons. The lowest BCUT2D eigenvalue weighted by atomic mass is 10.1. The summed E-state index contributed by atoms with van der Waals surface area (Å²) < 4.78 is 0. The highest BCUT2D eigenvalue weighted by Gasteiger charge is 1.97. The van der Waals surface area contributed by atoms with Crippen molar-refractivity contribution in [2.75, 3.05) is 0 Å². The van der Waals surface area contributed by atoms with Crippen LogP contribution in [0.1, 0.15) is 70.3 Å². The van der Waals surface area contributed by atoms with E-state index in [1.807, 2.05) is 6.07 Å². The van der Waals surface area contributed by atoms with Crippen molar-refractivity contribution >= 4 is 17.2 Å². The van der Waals surface area contributed by atoms with Crippen molar-refractivity contribution in [2.24, 2.45) is 0 Å². The second-order valence-corrected chi connectivity index (χ2v) is 5.98. The number of hydrogen-bond donors (Lipinski definition) is 1. The van der Waals surface area contributed by atoms with Crippen LogP contribution in [0.25, 0.3) is 0 Å². The fourth-order valence-corrected chi connectivity index (χ4v) is 2.52. The normalized spacial score (nSPS) is 10.4. The maximum absolute atomic E-state index is 5.38.